The van der Waals surface area contributed by atoms with Crippen molar-refractivity contribution in [2.24, 2.45) is 0 Å². The highest BCUT2D eigenvalue weighted by Crippen LogP contribution is 2.26. The Morgan fingerprint density at radius 3 is 2.62 bits per heavy atom. The molecular formula is C14H7BrCl2F2O2. The van der Waals surface area contributed by atoms with Crippen LogP contribution in [0.15, 0.2) is 34.8 Å². The number of carbonyl (C=O) groups is 1. The molecule has 2 aromatic rings. The molecule has 0 fully saturated rings. The Morgan fingerprint density at radius 1 is 1.19 bits per heavy atom. The molecule has 0 unspecified atom stereocenters. The lowest BCUT2D eigenvalue weighted by molar-refractivity contribution is 0.0918. The Balaban J connectivity index is 2.17. The number of ketones is 1. The zero-order valence-corrected chi connectivity index (χ0v) is 13.4. The van der Waals surface area contributed by atoms with Crippen LogP contribution in [0.2, 0.25) is 10.0 Å². The Kier molecular flexibility index (Phi) is 5.19. The Bertz CT molecular complexity index is 708. The van der Waals surface area contributed by atoms with Gasteiger partial charge in [-0.15, -0.1) is 0 Å². The molecule has 7 heteroatoms. The number of ether oxygens (including phenoxy) is 1. The van der Waals surface area contributed by atoms with Crippen LogP contribution in [-0.4, -0.2) is 12.4 Å². The minimum absolute atomic E-state index is 0.153. The van der Waals surface area contributed by atoms with E-state index in [2.05, 4.69) is 15.9 Å². The maximum absolute atomic E-state index is 13.5. The summed E-state index contributed by atoms with van der Waals surface area (Å²) in [6, 6.07) is 6.57. The van der Waals surface area contributed by atoms with Gasteiger partial charge in [0, 0.05) is 15.1 Å². The molecule has 21 heavy (non-hydrogen) atoms. The molecule has 0 amide bonds. The third-order valence-electron chi connectivity index (χ3n) is 2.55. The van der Waals surface area contributed by atoms with E-state index in [0.29, 0.717) is 9.50 Å². The predicted octanol–water partition coefficient (Wildman–Crippen LogP) is 5.30. The average molecular weight is 396 g/mol. The summed E-state index contributed by atoms with van der Waals surface area (Å²) in [5.41, 5.74) is 0.153. The van der Waals surface area contributed by atoms with Gasteiger partial charge in [0.25, 0.3) is 0 Å². The van der Waals surface area contributed by atoms with Gasteiger partial charge in [0.05, 0.1) is 5.02 Å². The van der Waals surface area contributed by atoms with E-state index < -0.39 is 24.0 Å². The van der Waals surface area contributed by atoms with Gasteiger partial charge < -0.3 is 4.74 Å². The van der Waals surface area contributed by atoms with Crippen LogP contribution < -0.4 is 4.74 Å². The van der Waals surface area contributed by atoms with Crippen molar-refractivity contribution in [1.82, 2.24) is 0 Å². The second-order valence-corrected chi connectivity index (χ2v) is 5.80. The second-order valence-electron chi connectivity index (χ2n) is 4.04. The van der Waals surface area contributed by atoms with E-state index in [1.807, 2.05) is 0 Å². The van der Waals surface area contributed by atoms with Gasteiger partial charge in [-0.25, -0.2) is 4.39 Å². The highest BCUT2D eigenvalue weighted by molar-refractivity contribution is 9.10. The molecule has 0 N–H and O–H groups in total. The van der Waals surface area contributed by atoms with Crippen molar-refractivity contribution in [3.8, 4) is 5.75 Å². The van der Waals surface area contributed by atoms with Crippen LogP contribution in [-0.2, 0) is 0 Å². The summed E-state index contributed by atoms with van der Waals surface area (Å²) in [5, 5.41) is 0.538. The highest BCUT2D eigenvalue weighted by atomic mass is 79.9. The summed E-state index contributed by atoms with van der Waals surface area (Å²) in [6.45, 7) is -0.493. The van der Waals surface area contributed by atoms with Crippen molar-refractivity contribution in [3.05, 3.63) is 62.0 Å². The molecule has 0 aliphatic rings. The molecule has 2 nitrogen and oxygen atoms in total. The van der Waals surface area contributed by atoms with Gasteiger partial charge >= 0.3 is 0 Å². The molecule has 0 saturated carbocycles. The third-order valence-corrected chi connectivity index (χ3v) is 3.57. The van der Waals surface area contributed by atoms with E-state index in [1.165, 1.54) is 24.3 Å². The Labute approximate surface area is 137 Å². The summed E-state index contributed by atoms with van der Waals surface area (Å²) in [7, 11) is 0. The van der Waals surface area contributed by atoms with Gasteiger partial charge in [-0.05, 0) is 30.3 Å². The van der Waals surface area contributed by atoms with Gasteiger partial charge in [-0.1, -0.05) is 39.1 Å². The topological polar surface area (TPSA) is 26.3 Å². The average Bonchev–Trinajstić information content (AvgIpc) is 2.43. The van der Waals surface area contributed by atoms with Gasteiger partial charge in [-0.2, -0.15) is 4.39 Å². The Morgan fingerprint density at radius 2 is 1.90 bits per heavy atom. The van der Waals surface area contributed by atoms with Gasteiger partial charge in [0.2, 0.25) is 11.6 Å². The number of rotatable bonds is 4. The molecule has 0 spiro atoms. The monoisotopic (exact) mass is 394 g/mol. The first-order valence-corrected chi connectivity index (χ1v) is 7.19. The molecule has 0 atom stereocenters. The van der Waals surface area contributed by atoms with E-state index in [9.17, 15) is 13.6 Å². The molecule has 0 aliphatic heterocycles. The lowest BCUT2D eigenvalue weighted by Crippen LogP contribution is -2.13. The molecule has 0 radical (unpaired) electrons. The maximum Gasteiger partial charge on any atom is 0.201 e. The van der Waals surface area contributed by atoms with Crippen LogP contribution in [0.4, 0.5) is 8.78 Å². The second kappa shape index (κ2) is 6.73. The zero-order chi connectivity index (χ0) is 15.6. The van der Waals surface area contributed by atoms with Gasteiger partial charge in [-0.3, -0.25) is 4.79 Å². The number of halogens is 5. The van der Waals surface area contributed by atoms with E-state index >= 15 is 0 Å². The summed E-state index contributed by atoms with van der Waals surface area (Å²) < 4.78 is 32.0. The zero-order valence-electron chi connectivity index (χ0n) is 10.3. The summed E-state index contributed by atoms with van der Waals surface area (Å²) in [6.07, 6.45) is 0. The molecule has 0 saturated heterocycles. The van der Waals surface area contributed by atoms with E-state index in [4.69, 9.17) is 27.9 Å². The fourth-order valence-electron chi connectivity index (χ4n) is 1.57. The van der Waals surface area contributed by atoms with Crippen molar-refractivity contribution in [2.45, 2.75) is 0 Å². The lowest BCUT2D eigenvalue weighted by atomic mass is 10.1. The van der Waals surface area contributed by atoms with Crippen LogP contribution in [0.3, 0.4) is 0 Å². The molecule has 0 aromatic heterocycles. The number of Topliss-reactive ketones (excluding diaryl/α,β-unsaturated/α-hetero) is 1. The number of benzene rings is 2. The largest absolute Gasteiger partial charge is 0.482 e. The number of carbonyl (C=O) groups excluding carboxylic acids is 1. The summed E-state index contributed by atoms with van der Waals surface area (Å²) in [4.78, 5) is 12.0. The van der Waals surface area contributed by atoms with Crippen molar-refractivity contribution in [2.75, 3.05) is 6.61 Å². The van der Waals surface area contributed by atoms with Crippen LogP contribution in [0.1, 0.15) is 10.4 Å². The Hall–Kier alpha value is -1.17. The minimum atomic E-state index is -1.16. The maximum atomic E-state index is 13.5. The molecule has 110 valence electrons. The summed E-state index contributed by atoms with van der Waals surface area (Å²) in [5.74, 6) is -3.11. The fraction of sp³-hybridized carbons (Fsp3) is 0.0714. The first kappa shape index (κ1) is 16.2. The van der Waals surface area contributed by atoms with Crippen LogP contribution in [0.5, 0.6) is 5.75 Å². The standard InChI is InChI=1S/C14H7BrCl2F2O2/c15-7-3-11(18)14(19)13(4-7)21-6-12(20)9-5-8(16)1-2-10(9)17/h1-5H,6H2. The first-order chi connectivity index (χ1) is 9.88. The number of hydrogen-bond donors (Lipinski definition) is 0. The minimum Gasteiger partial charge on any atom is -0.482 e. The highest BCUT2D eigenvalue weighted by Gasteiger charge is 2.15. The normalized spacial score (nSPS) is 10.5. The van der Waals surface area contributed by atoms with Crippen LogP contribution >= 0.6 is 39.1 Å². The molecule has 0 bridgehead atoms. The van der Waals surface area contributed by atoms with E-state index in [-0.39, 0.29) is 16.3 Å². The van der Waals surface area contributed by atoms with E-state index in [1.54, 1.807) is 0 Å². The molecular weight excluding hydrogens is 389 g/mol. The van der Waals surface area contributed by atoms with Crippen molar-refractivity contribution in [1.29, 1.82) is 0 Å². The molecule has 0 aliphatic carbocycles. The van der Waals surface area contributed by atoms with E-state index in [0.717, 1.165) is 6.07 Å². The molecule has 2 aromatic carbocycles. The fourth-order valence-corrected chi connectivity index (χ4v) is 2.37. The molecule has 2 rings (SSSR count). The lowest BCUT2D eigenvalue weighted by Gasteiger charge is -2.09. The van der Waals surface area contributed by atoms with Crippen LogP contribution in [0, 0.1) is 11.6 Å². The third kappa shape index (κ3) is 3.93. The van der Waals surface area contributed by atoms with Crippen molar-refractivity contribution < 1.29 is 18.3 Å². The van der Waals surface area contributed by atoms with Gasteiger partial charge in [0.1, 0.15) is 0 Å². The first-order valence-electron chi connectivity index (χ1n) is 5.64. The van der Waals surface area contributed by atoms with Crippen molar-refractivity contribution in [3.63, 3.8) is 0 Å². The van der Waals surface area contributed by atoms with Crippen molar-refractivity contribution >= 4 is 44.9 Å². The SMILES string of the molecule is O=C(COc1cc(Br)cc(F)c1F)c1cc(Cl)ccc1Cl. The number of hydrogen-bond acceptors (Lipinski definition) is 2. The van der Waals surface area contributed by atoms with Gasteiger partial charge in [0.15, 0.2) is 18.2 Å². The summed E-state index contributed by atoms with van der Waals surface area (Å²) >= 11 is 14.7. The van der Waals surface area contributed by atoms with Crippen LogP contribution in [0.25, 0.3) is 0 Å². The predicted molar refractivity (Wildman–Crippen MR) is 80.3 cm³/mol. The quantitative estimate of drug-likeness (QED) is 0.519. The smallest absolute Gasteiger partial charge is 0.201 e. The molecule has 0 heterocycles.